The first-order valence-electron chi connectivity index (χ1n) is 8.86. The van der Waals surface area contributed by atoms with E-state index in [0.717, 1.165) is 52.8 Å². The molecule has 4 heterocycles. The SMILES string of the molecule is COc1cccn2cc(C3CCC3c3nc4c(C)ncc(C)n4n3)nc12. The Labute approximate surface area is 150 Å². The highest BCUT2D eigenvalue weighted by molar-refractivity contribution is 5.55. The summed E-state index contributed by atoms with van der Waals surface area (Å²) < 4.78 is 9.36. The highest BCUT2D eigenvalue weighted by Crippen LogP contribution is 2.48. The molecule has 2 unspecified atom stereocenters. The van der Waals surface area contributed by atoms with Crippen LogP contribution in [0.3, 0.4) is 0 Å². The summed E-state index contributed by atoms with van der Waals surface area (Å²) in [5, 5.41) is 4.76. The average Bonchev–Trinajstić information content (AvgIpc) is 3.22. The van der Waals surface area contributed by atoms with Crippen molar-refractivity contribution in [2.24, 2.45) is 0 Å². The van der Waals surface area contributed by atoms with Gasteiger partial charge in [0.25, 0.3) is 0 Å². The van der Waals surface area contributed by atoms with Crippen molar-refractivity contribution in [3.05, 3.63) is 53.6 Å². The van der Waals surface area contributed by atoms with Gasteiger partial charge in [0.1, 0.15) is 0 Å². The molecule has 1 aliphatic rings. The fourth-order valence-corrected chi connectivity index (χ4v) is 3.78. The van der Waals surface area contributed by atoms with Crippen molar-refractivity contribution in [1.29, 1.82) is 0 Å². The lowest BCUT2D eigenvalue weighted by atomic mass is 9.71. The number of methoxy groups -OCH3 is 1. The molecule has 26 heavy (non-hydrogen) atoms. The normalized spacial score (nSPS) is 19.8. The van der Waals surface area contributed by atoms with Gasteiger partial charge in [-0.2, -0.15) is 5.10 Å². The van der Waals surface area contributed by atoms with Crippen LogP contribution in [-0.2, 0) is 0 Å². The topological polar surface area (TPSA) is 69.6 Å². The van der Waals surface area contributed by atoms with E-state index in [2.05, 4.69) is 11.2 Å². The molecule has 0 amide bonds. The Hall–Kier alpha value is -2.96. The lowest BCUT2D eigenvalue weighted by Gasteiger charge is -2.33. The van der Waals surface area contributed by atoms with Gasteiger partial charge in [0.2, 0.25) is 0 Å². The highest BCUT2D eigenvalue weighted by Gasteiger charge is 2.38. The van der Waals surface area contributed by atoms with Gasteiger partial charge in [0, 0.05) is 30.4 Å². The van der Waals surface area contributed by atoms with Gasteiger partial charge < -0.3 is 9.14 Å². The molecule has 0 aliphatic heterocycles. The van der Waals surface area contributed by atoms with Gasteiger partial charge >= 0.3 is 0 Å². The summed E-state index contributed by atoms with van der Waals surface area (Å²) in [6, 6.07) is 3.91. The first kappa shape index (κ1) is 15.3. The molecule has 0 saturated heterocycles. The van der Waals surface area contributed by atoms with Crippen molar-refractivity contribution >= 4 is 11.3 Å². The smallest absolute Gasteiger partial charge is 0.179 e. The fourth-order valence-electron chi connectivity index (χ4n) is 3.78. The second kappa shape index (κ2) is 5.52. The van der Waals surface area contributed by atoms with Crippen LogP contribution in [-0.4, -0.2) is 36.1 Å². The maximum absolute atomic E-state index is 5.43. The molecule has 0 radical (unpaired) electrons. The van der Waals surface area contributed by atoms with E-state index in [1.807, 2.05) is 47.3 Å². The minimum atomic E-state index is 0.296. The van der Waals surface area contributed by atoms with Gasteiger partial charge in [-0.25, -0.2) is 14.5 Å². The number of aryl methyl sites for hydroxylation is 2. The number of hydrogen-bond donors (Lipinski definition) is 0. The molecule has 5 rings (SSSR count). The molecule has 4 aromatic heterocycles. The Morgan fingerprint density at radius 3 is 2.69 bits per heavy atom. The summed E-state index contributed by atoms with van der Waals surface area (Å²) in [5.41, 5.74) is 4.69. The standard InChI is InChI=1S/C19H20N6O/c1-11-9-20-12(2)18-22-17(23-25(11)18)14-7-6-13(14)15-10-24-8-4-5-16(26-3)19(24)21-15/h4-5,8-10,13-14H,6-7H2,1-3H3. The molecule has 1 saturated carbocycles. The van der Waals surface area contributed by atoms with Crippen molar-refractivity contribution in [2.45, 2.75) is 38.5 Å². The van der Waals surface area contributed by atoms with Crippen LogP contribution in [0, 0.1) is 13.8 Å². The molecular weight excluding hydrogens is 328 g/mol. The zero-order valence-electron chi connectivity index (χ0n) is 15.0. The molecule has 7 heteroatoms. The van der Waals surface area contributed by atoms with E-state index < -0.39 is 0 Å². The zero-order chi connectivity index (χ0) is 17.8. The van der Waals surface area contributed by atoms with Crippen LogP contribution in [0.2, 0.25) is 0 Å². The van der Waals surface area contributed by atoms with Gasteiger partial charge in [-0.1, -0.05) is 0 Å². The summed E-state index contributed by atoms with van der Waals surface area (Å²) in [7, 11) is 1.68. The molecule has 1 fully saturated rings. The third-order valence-corrected chi connectivity index (χ3v) is 5.40. The molecule has 0 N–H and O–H groups in total. The third kappa shape index (κ3) is 2.13. The van der Waals surface area contributed by atoms with Crippen LogP contribution in [0.5, 0.6) is 5.75 Å². The number of hydrogen-bond acceptors (Lipinski definition) is 5. The monoisotopic (exact) mass is 348 g/mol. The largest absolute Gasteiger partial charge is 0.493 e. The van der Waals surface area contributed by atoms with Gasteiger partial charge in [-0.05, 0) is 38.8 Å². The Kier molecular flexibility index (Phi) is 3.25. The molecule has 0 aromatic carbocycles. The van der Waals surface area contributed by atoms with Crippen LogP contribution < -0.4 is 4.74 Å². The van der Waals surface area contributed by atoms with Crippen molar-refractivity contribution in [1.82, 2.24) is 29.0 Å². The Balaban J connectivity index is 1.54. The third-order valence-electron chi connectivity index (χ3n) is 5.40. The van der Waals surface area contributed by atoms with Crippen LogP contribution in [0.4, 0.5) is 0 Å². The van der Waals surface area contributed by atoms with E-state index in [1.54, 1.807) is 7.11 Å². The van der Waals surface area contributed by atoms with E-state index >= 15 is 0 Å². The van der Waals surface area contributed by atoms with Crippen molar-refractivity contribution in [3.8, 4) is 5.75 Å². The molecule has 0 bridgehead atoms. The van der Waals surface area contributed by atoms with Gasteiger partial charge in [0.05, 0.1) is 24.2 Å². The van der Waals surface area contributed by atoms with E-state index in [1.165, 1.54) is 0 Å². The molecule has 0 spiro atoms. The predicted molar refractivity (Wildman–Crippen MR) is 96.7 cm³/mol. The number of pyridine rings is 1. The maximum atomic E-state index is 5.43. The summed E-state index contributed by atoms with van der Waals surface area (Å²) >= 11 is 0. The fraction of sp³-hybridized carbons (Fsp3) is 0.368. The number of aromatic nitrogens is 6. The minimum absolute atomic E-state index is 0.296. The minimum Gasteiger partial charge on any atom is -0.493 e. The lowest BCUT2D eigenvalue weighted by molar-refractivity contribution is 0.327. The summed E-state index contributed by atoms with van der Waals surface area (Å²) in [6.45, 7) is 3.98. The average molecular weight is 348 g/mol. The van der Waals surface area contributed by atoms with Crippen molar-refractivity contribution < 1.29 is 4.74 Å². The predicted octanol–water partition coefficient (Wildman–Crippen LogP) is 3.06. The Morgan fingerprint density at radius 1 is 1.12 bits per heavy atom. The second-order valence-electron chi connectivity index (χ2n) is 6.95. The number of nitrogens with zero attached hydrogens (tertiary/aromatic N) is 6. The summed E-state index contributed by atoms with van der Waals surface area (Å²) in [5.74, 6) is 2.32. The Bertz CT molecular complexity index is 1090. The maximum Gasteiger partial charge on any atom is 0.179 e. The van der Waals surface area contributed by atoms with Crippen LogP contribution in [0.15, 0.2) is 30.7 Å². The number of rotatable bonds is 3. The second-order valence-corrected chi connectivity index (χ2v) is 6.95. The van der Waals surface area contributed by atoms with Crippen LogP contribution >= 0.6 is 0 Å². The van der Waals surface area contributed by atoms with E-state index in [9.17, 15) is 0 Å². The zero-order valence-corrected chi connectivity index (χ0v) is 15.0. The summed E-state index contributed by atoms with van der Waals surface area (Å²) in [6.07, 6.45) is 8.13. The molecule has 132 valence electrons. The number of fused-ring (bicyclic) bond motifs is 2. The molecule has 2 atom stereocenters. The number of ether oxygens (including phenoxy) is 1. The van der Waals surface area contributed by atoms with Gasteiger partial charge in [-0.15, -0.1) is 0 Å². The summed E-state index contributed by atoms with van der Waals surface area (Å²) in [4.78, 5) is 14.0. The molecular formula is C19H20N6O. The first-order valence-corrected chi connectivity index (χ1v) is 8.86. The molecule has 7 nitrogen and oxygen atoms in total. The van der Waals surface area contributed by atoms with Crippen molar-refractivity contribution in [2.75, 3.05) is 7.11 Å². The Morgan fingerprint density at radius 2 is 1.96 bits per heavy atom. The number of imidazole rings is 1. The van der Waals surface area contributed by atoms with E-state index in [4.69, 9.17) is 19.8 Å². The molecule has 1 aliphatic carbocycles. The highest BCUT2D eigenvalue weighted by atomic mass is 16.5. The van der Waals surface area contributed by atoms with Crippen LogP contribution in [0.25, 0.3) is 11.3 Å². The van der Waals surface area contributed by atoms with Gasteiger partial charge in [-0.3, -0.25) is 4.98 Å². The van der Waals surface area contributed by atoms with E-state index in [-0.39, 0.29) is 0 Å². The first-order chi connectivity index (χ1) is 12.7. The van der Waals surface area contributed by atoms with Crippen molar-refractivity contribution in [3.63, 3.8) is 0 Å². The molecule has 4 aromatic rings. The quantitative estimate of drug-likeness (QED) is 0.569. The van der Waals surface area contributed by atoms with Crippen LogP contribution in [0.1, 0.15) is 47.6 Å². The van der Waals surface area contributed by atoms with E-state index in [0.29, 0.717) is 11.8 Å². The lowest BCUT2D eigenvalue weighted by Crippen LogP contribution is -2.23. The van der Waals surface area contributed by atoms with Gasteiger partial charge in [0.15, 0.2) is 22.9 Å².